The molecule has 1 atom stereocenters. The van der Waals surface area contributed by atoms with E-state index < -0.39 is 5.79 Å². The van der Waals surface area contributed by atoms with Gasteiger partial charge in [-0.3, -0.25) is 4.79 Å². The summed E-state index contributed by atoms with van der Waals surface area (Å²) in [5, 5.41) is 0. The molecule has 2 aliphatic rings. The number of hydrogen-bond acceptors (Lipinski definition) is 3. The first-order valence-corrected chi connectivity index (χ1v) is 6.25. The van der Waals surface area contributed by atoms with E-state index in [2.05, 4.69) is 0 Å². The maximum Gasteiger partial charge on any atom is 0.169 e. The number of rotatable bonds is 1. The van der Waals surface area contributed by atoms with Crippen LogP contribution in [0.2, 0.25) is 0 Å². The van der Waals surface area contributed by atoms with Crippen LogP contribution in [-0.2, 0) is 14.3 Å². The summed E-state index contributed by atoms with van der Waals surface area (Å²) in [6.07, 6.45) is 1.63. The molecule has 0 N–H and O–H groups in total. The number of ketones is 1. The zero-order valence-corrected chi connectivity index (χ0v) is 10.0. The lowest BCUT2D eigenvalue weighted by molar-refractivity contribution is -0.183. The second-order valence-corrected chi connectivity index (χ2v) is 4.88. The number of carbonyl (C=O) groups excluding carboxylic acids is 1. The molecule has 1 aromatic carbocycles. The highest BCUT2D eigenvalue weighted by atomic mass is 19.1. The van der Waals surface area contributed by atoms with Crippen molar-refractivity contribution in [1.29, 1.82) is 0 Å². The zero-order chi connectivity index (χ0) is 12.6. The third kappa shape index (κ3) is 2.06. The molecule has 1 saturated heterocycles. The molecule has 2 fully saturated rings. The minimum absolute atomic E-state index is 0.186. The maximum absolute atomic E-state index is 12.9. The van der Waals surface area contributed by atoms with E-state index in [0.717, 1.165) is 5.56 Å². The standard InChI is InChI=1S/C14H15FO3/c15-11-3-1-10(2-4-11)12-9-14(6-5-13(12)16)17-7-8-18-14/h1-4,12H,5-9H2/t12-/m1/s1. The molecule has 0 unspecified atom stereocenters. The van der Waals surface area contributed by atoms with Crippen molar-refractivity contribution in [2.24, 2.45) is 0 Å². The van der Waals surface area contributed by atoms with Gasteiger partial charge in [-0.15, -0.1) is 0 Å². The molecule has 1 aliphatic carbocycles. The average Bonchev–Trinajstić information content (AvgIpc) is 2.82. The Bertz CT molecular complexity index is 449. The number of carbonyl (C=O) groups is 1. The molecule has 4 heteroatoms. The molecule has 3 nitrogen and oxygen atoms in total. The summed E-state index contributed by atoms with van der Waals surface area (Å²) in [4.78, 5) is 12.0. The van der Waals surface area contributed by atoms with E-state index in [0.29, 0.717) is 32.5 Å². The van der Waals surface area contributed by atoms with Crippen LogP contribution < -0.4 is 0 Å². The van der Waals surface area contributed by atoms with Crippen molar-refractivity contribution in [1.82, 2.24) is 0 Å². The number of benzene rings is 1. The molecule has 1 heterocycles. The van der Waals surface area contributed by atoms with Crippen molar-refractivity contribution >= 4 is 5.78 Å². The predicted octanol–water partition coefficient (Wildman–Crippen LogP) is 2.41. The highest BCUT2D eigenvalue weighted by Gasteiger charge is 2.45. The third-order valence-corrected chi connectivity index (χ3v) is 3.74. The Hall–Kier alpha value is -1.26. The summed E-state index contributed by atoms with van der Waals surface area (Å²) in [5.41, 5.74) is 0.847. The first-order valence-electron chi connectivity index (χ1n) is 6.25. The van der Waals surface area contributed by atoms with Crippen LogP contribution in [0.25, 0.3) is 0 Å². The molecule has 96 valence electrons. The van der Waals surface area contributed by atoms with E-state index in [-0.39, 0.29) is 17.5 Å². The maximum atomic E-state index is 12.9. The van der Waals surface area contributed by atoms with Crippen molar-refractivity contribution in [3.05, 3.63) is 35.6 Å². The highest BCUT2D eigenvalue weighted by Crippen LogP contribution is 2.41. The molecule has 0 amide bonds. The second kappa shape index (κ2) is 4.44. The summed E-state index contributed by atoms with van der Waals surface area (Å²) in [5.74, 6) is -0.929. The summed E-state index contributed by atoms with van der Waals surface area (Å²) < 4.78 is 24.2. The molecular formula is C14H15FO3. The fraction of sp³-hybridized carbons (Fsp3) is 0.500. The second-order valence-electron chi connectivity index (χ2n) is 4.88. The fourth-order valence-corrected chi connectivity index (χ4v) is 2.77. The van der Waals surface area contributed by atoms with Crippen LogP contribution in [0.1, 0.15) is 30.7 Å². The van der Waals surface area contributed by atoms with Crippen molar-refractivity contribution in [3.8, 4) is 0 Å². The van der Waals surface area contributed by atoms with Gasteiger partial charge < -0.3 is 9.47 Å². The number of hydrogen-bond donors (Lipinski definition) is 0. The van der Waals surface area contributed by atoms with Gasteiger partial charge in [0.25, 0.3) is 0 Å². The van der Waals surface area contributed by atoms with E-state index in [9.17, 15) is 9.18 Å². The van der Waals surface area contributed by atoms with Crippen molar-refractivity contribution in [2.75, 3.05) is 13.2 Å². The molecular weight excluding hydrogens is 235 g/mol. The van der Waals surface area contributed by atoms with Crippen LogP contribution in [0.15, 0.2) is 24.3 Å². The van der Waals surface area contributed by atoms with E-state index in [1.54, 1.807) is 12.1 Å². The Labute approximate surface area is 105 Å². The summed E-state index contributed by atoms with van der Waals surface area (Å²) >= 11 is 0. The lowest BCUT2D eigenvalue weighted by Crippen LogP contribution is -2.39. The van der Waals surface area contributed by atoms with E-state index in [1.807, 2.05) is 0 Å². The largest absolute Gasteiger partial charge is 0.347 e. The van der Waals surface area contributed by atoms with Crippen LogP contribution in [0, 0.1) is 5.82 Å². The van der Waals surface area contributed by atoms with Crippen molar-refractivity contribution < 1.29 is 18.7 Å². The van der Waals surface area contributed by atoms with Gasteiger partial charge in [-0.2, -0.15) is 0 Å². The van der Waals surface area contributed by atoms with Gasteiger partial charge in [0.05, 0.1) is 13.2 Å². The summed E-state index contributed by atoms with van der Waals surface area (Å²) in [6, 6.07) is 6.12. The number of halogens is 1. The molecule has 0 aromatic heterocycles. The smallest absolute Gasteiger partial charge is 0.169 e. The van der Waals surface area contributed by atoms with E-state index in [1.165, 1.54) is 12.1 Å². The average molecular weight is 250 g/mol. The molecule has 18 heavy (non-hydrogen) atoms. The lowest BCUT2D eigenvalue weighted by Gasteiger charge is -2.35. The molecule has 0 bridgehead atoms. The SMILES string of the molecule is O=C1CCC2(C[C@@H]1c1ccc(F)cc1)OCCO2. The van der Waals surface area contributed by atoms with Crippen LogP contribution >= 0.6 is 0 Å². The quantitative estimate of drug-likeness (QED) is 0.767. The Morgan fingerprint density at radius 3 is 2.50 bits per heavy atom. The van der Waals surface area contributed by atoms with Gasteiger partial charge in [0, 0.05) is 25.2 Å². The van der Waals surface area contributed by atoms with Crippen LogP contribution in [0.5, 0.6) is 0 Å². The third-order valence-electron chi connectivity index (χ3n) is 3.74. The molecule has 1 aromatic rings. The topological polar surface area (TPSA) is 35.5 Å². The van der Waals surface area contributed by atoms with Crippen LogP contribution in [0.3, 0.4) is 0 Å². The highest BCUT2D eigenvalue weighted by molar-refractivity contribution is 5.86. The lowest BCUT2D eigenvalue weighted by atomic mass is 9.79. The normalized spacial score (nSPS) is 26.7. The minimum atomic E-state index is -0.590. The van der Waals surface area contributed by atoms with Crippen molar-refractivity contribution in [3.63, 3.8) is 0 Å². The first kappa shape index (κ1) is 11.8. The van der Waals surface area contributed by atoms with Gasteiger partial charge in [0.1, 0.15) is 11.6 Å². The molecule has 0 radical (unpaired) electrons. The summed E-state index contributed by atoms with van der Waals surface area (Å²) in [6.45, 7) is 1.18. The predicted molar refractivity (Wildman–Crippen MR) is 62.6 cm³/mol. The van der Waals surface area contributed by atoms with Gasteiger partial charge >= 0.3 is 0 Å². The summed E-state index contributed by atoms with van der Waals surface area (Å²) in [7, 11) is 0. The van der Waals surface area contributed by atoms with Gasteiger partial charge in [0.15, 0.2) is 5.79 Å². The van der Waals surface area contributed by atoms with E-state index in [4.69, 9.17) is 9.47 Å². The Morgan fingerprint density at radius 1 is 1.17 bits per heavy atom. The van der Waals surface area contributed by atoms with Gasteiger partial charge in [-0.1, -0.05) is 12.1 Å². The van der Waals surface area contributed by atoms with Crippen LogP contribution in [-0.4, -0.2) is 24.8 Å². The Balaban J connectivity index is 1.85. The molecule has 3 rings (SSSR count). The number of ether oxygens (including phenoxy) is 2. The number of Topliss-reactive ketones (excluding diaryl/α,β-unsaturated/α-hetero) is 1. The van der Waals surface area contributed by atoms with Gasteiger partial charge in [-0.25, -0.2) is 4.39 Å². The molecule has 1 aliphatic heterocycles. The van der Waals surface area contributed by atoms with Crippen LogP contribution in [0.4, 0.5) is 4.39 Å². The van der Waals surface area contributed by atoms with Crippen molar-refractivity contribution in [2.45, 2.75) is 31.0 Å². The Morgan fingerprint density at radius 2 is 1.83 bits per heavy atom. The van der Waals surface area contributed by atoms with Gasteiger partial charge in [-0.05, 0) is 17.7 Å². The minimum Gasteiger partial charge on any atom is -0.347 e. The monoisotopic (exact) mass is 250 g/mol. The Kier molecular flexibility index (Phi) is 2.92. The molecule has 1 spiro atoms. The fourth-order valence-electron chi connectivity index (χ4n) is 2.77. The molecule has 1 saturated carbocycles. The van der Waals surface area contributed by atoms with E-state index >= 15 is 0 Å². The van der Waals surface area contributed by atoms with Gasteiger partial charge in [0.2, 0.25) is 0 Å². The zero-order valence-electron chi connectivity index (χ0n) is 10.0. The first-order chi connectivity index (χ1) is 8.69.